The number of amides is 1. The van der Waals surface area contributed by atoms with Gasteiger partial charge < -0.3 is 10.2 Å². The van der Waals surface area contributed by atoms with Gasteiger partial charge in [-0.25, -0.2) is 0 Å². The number of aryl methyl sites for hydroxylation is 2. The molecule has 5 nitrogen and oxygen atoms in total. The van der Waals surface area contributed by atoms with E-state index < -0.39 is 5.54 Å². The molecule has 1 heterocycles. The minimum Gasteiger partial charge on any atom is -0.337 e. The van der Waals surface area contributed by atoms with E-state index in [1.54, 1.807) is 7.11 Å². The average Bonchev–Trinajstić information content (AvgIpc) is 2.51. The maximum absolute atomic E-state index is 12.4. The second-order valence-corrected chi connectivity index (χ2v) is 5.96. The highest BCUT2D eigenvalue weighted by atomic mass is 16.7. The molecule has 0 bridgehead atoms. The lowest BCUT2D eigenvalue weighted by Crippen LogP contribution is -2.54. The summed E-state index contributed by atoms with van der Waals surface area (Å²) < 4.78 is 0. The summed E-state index contributed by atoms with van der Waals surface area (Å²) in [6.45, 7) is 5.30. The highest BCUT2D eigenvalue weighted by molar-refractivity contribution is 5.80. The van der Waals surface area contributed by atoms with Gasteiger partial charge in [0, 0.05) is 13.1 Å². The van der Waals surface area contributed by atoms with Gasteiger partial charge in [0.05, 0.1) is 19.6 Å². The molecule has 0 spiro atoms. The number of nitriles is 1. The molecular weight excluding hydrogens is 278 g/mol. The number of benzene rings is 1. The van der Waals surface area contributed by atoms with E-state index in [4.69, 9.17) is 4.84 Å². The van der Waals surface area contributed by atoms with Crippen LogP contribution in [0.4, 0.5) is 0 Å². The fraction of sp³-hybridized carbons (Fsp3) is 0.529. The molecule has 22 heavy (non-hydrogen) atoms. The summed E-state index contributed by atoms with van der Waals surface area (Å²) in [6.07, 6.45) is 1.47. The summed E-state index contributed by atoms with van der Waals surface area (Å²) in [7, 11) is 1.62. The number of hydroxylamine groups is 2. The van der Waals surface area contributed by atoms with Gasteiger partial charge in [0.1, 0.15) is 5.54 Å². The van der Waals surface area contributed by atoms with Crippen molar-refractivity contribution in [2.75, 3.05) is 20.2 Å². The first-order valence-corrected chi connectivity index (χ1v) is 7.55. The molecule has 1 saturated heterocycles. The third-order valence-corrected chi connectivity index (χ3v) is 4.28. The molecule has 5 heteroatoms. The Morgan fingerprint density at radius 2 is 2.09 bits per heavy atom. The summed E-state index contributed by atoms with van der Waals surface area (Å²) in [5.41, 5.74) is 2.47. The van der Waals surface area contributed by atoms with Gasteiger partial charge in [-0.05, 0) is 37.8 Å². The predicted molar refractivity (Wildman–Crippen MR) is 83.9 cm³/mol. The first kappa shape index (κ1) is 16.5. The van der Waals surface area contributed by atoms with E-state index >= 15 is 0 Å². The number of rotatable bonds is 4. The van der Waals surface area contributed by atoms with E-state index in [1.165, 1.54) is 0 Å². The lowest BCUT2D eigenvalue weighted by atomic mass is 9.89. The van der Waals surface area contributed by atoms with Gasteiger partial charge in [0.15, 0.2) is 0 Å². The van der Waals surface area contributed by atoms with Gasteiger partial charge in [-0.1, -0.05) is 23.8 Å². The van der Waals surface area contributed by atoms with Crippen molar-refractivity contribution in [3.63, 3.8) is 0 Å². The van der Waals surface area contributed by atoms with Crippen molar-refractivity contribution in [3.05, 3.63) is 34.9 Å². The minimum absolute atomic E-state index is 0.0962. The summed E-state index contributed by atoms with van der Waals surface area (Å²) in [6, 6.07) is 8.38. The quantitative estimate of drug-likeness (QED) is 0.922. The second-order valence-electron chi connectivity index (χ2n) is 5.96. The Bertz CT molecular complexity index is 584. The lowest BCUT2D eigenvalue weighted by molar-refractivity contribution is -0.150. The molecule has 1 aromatic carbocycles. The smallest absolute Gasteiger partial charge is 0.225 e. The summed E-state index contributed by atoms with van der Waals surface area (Å²) in [5.74, 6) is -0.0962. The topological polar surface area (TPSA) is 65.4 Å². The summed E-state index contributed by atoms with van der Waals surface area (Å²) in [5, 5.41) is 14.2. The number of carbonyl (C=O) groups excluding carboxylic acids is 1. The molecule has 0 unspecified atom stereocenters. The maximum atomic E-state index is 12.4. The first-order valence-electron chi connectivity index (χ1n) is 7.55. The predicted octanol–water partition coefficient (Wildman–Crippen LogP) is 1.88. The molecule has 1 aromatic rings. The van der Waals surface area contributed by atoms with Crippen LogP contribution < -0.4 is 5.32 Å². The number of piperidine rings is 1. The zero-order valence-corrected chi connectivity index (χ0v) is 13.5. The highest BCUT2D eigenvalue weighted by Crippen LogP contribution is 2.22. The van der Waals surface area contributed by atoms with Crippen LogP contribution in [0.3, 0.4) is 0 Å². The largest absolute Gasteiger partial charge is 0.337 e. The average molecular weight is 301 g/mol. The fourth-order valence-corrected chi connectivity index (χ4v) is 2.79. The van der Waals surface area contributed by atoms with Crippen molar-refractivity contribution < 1.29 is 9.63 Å². The van der Waals surface area contributed by atoms with Gasteiger partial charge in [-0.15, -0.1) is 0 Å². The van der Waals surface area contributed by atoms with E-state index in [-0.39, 0.29) is 5.91 Å². The van der Waals surface area contributed by atoms with Gasteiger partial charge in [-0.2, -0.15) is 10.3 Å². The fourth-order valence-electron chi connectivity index (χ4n) is 2.79. The van der Waals surface area contributed by atoms with Gasteiger partial charge in [0.2, 0.25) is 5.91 Å². The molecule has 1 aliphatic rings. The Morgan fingerprint density at radius 1 is 1.41 bits per heavy atom. The monoisotopic (exact) mass is 301 g/mol. The zero-order valence-electron chi connectivity index (χ0n) is 13.5. The SMILES string of the molecule is CON1CCC(C#N)(NC(=O)Cc2cc(C)ccc2C)CC1. The maximum Gasteiger partial charge on any atom is 0.225 e. The molecule has 0 aromatic heterocycles. The molecule has 118 valence electrons. The lowest BCUT2D eigenvalue weighted by Gasteiger charge is -2.36. The van der Waals surface area contributed by atoms with Crippen molar-refractivity contribution >= 4 is 5.91 Å². The van der Waals surface area contributed by atoms with Gasteiger partial charge >= 0.3 is 0 Å². The Labute approximate surface area is 131 Å². The molecule has 0 radical (unpaired) electrons. The third-order valence-electron chi connectivity index (χ3n) is 4.28. The minimum atomic E-state index is -0.774. The zero-order chi connectivity index (χ0) is 16.2. The van der Waals surface area contributed by atoms with Crippen LogP contribution in [0.1, 0.15) is 29.5 Å². The van der Waals surface area contributed by atoms with E-state index in [2.05, 4.69) is 11.4 Å². The van der Waals surface area contributed by atoms with E-state index in [0.717, 1.165) is 16.7 Å². The molecule has 1 aliphatic heterocycles. The van der Waals surface area contributed by atoms with Crippen LogP contribution >= 0.6 is 0 Å². The Hall–Kier alpha value is -1.90. The molecular formula is C17H23N3O2. The third kappa shape index (κ3) is 3.85. The molecule has 1 fully saturated rings. The highest BCUT2D eigenvalue weighted by Gasteiger charge is 2.36. The Kier molecular flexibility index (Phi) is 5.17. The van der Waals surface area contributed by atoms with E-state index in [0.29, 0.717) is 32.4 Å². The number of hydrogen-bond donors (Lipinski definition) is 1. The van der Waals surface area contributed by atoms with Crippen LogP contribution in [-0.4, -0.2) is 36.7 Å². The first-order chi connectivity index (χ1) is 10.5. The molecule has 0 atom stereocenters. The Morgan fingerprint density at radius 3 is 2.68 bits per heavy atom. The summed E-state index contributed by atoms with van der Waals surface area (Å²) in [4.78, 5) is 17.5. The number of nitrogens with zero attached hydrogens (tertiary/aromatic N) is 2. The molecule has 2 rings (SSSR count). The van der Waals surface area contributed by atoms with E-state index in [9.17, 15) is 10.1 Å². The number of nitrogens with one attached hydrogen (secondary N) is 1. The molecule has 1 amide bonds. The normalized spacial score (nSPS) is 17.7. The molecule has 0 aliphatic carbocycles. The Balaban J connectivity index is 2.01. The number of carbonyl (C=O) groups is 1. The van der Waals surface area contributed by atoms with Crippen molar-refractivity contribution in [3.8, 4) is 6.07 Å². The van der Waals surface area contributed by atoms with E-state index in [1.807, 2.05) is 37.1 Å². The van der Waals surface area contributed by atoms with Crippen molar-refractivity contribution in [2.45, 2.75) is 38.6 Å². The van der Waals surface area contributed by atoms with Gasteiger partial charge in [0.25, 0.3) is 0 Å². The number of hydrogen-bond acceptors (Lipinski definition) is 4. The van der Waals surface area contributed by atoms with Crippen molar-refractivity contribution in [2.24, 2.45) is 0 Å². The van der Waals surface area contributed by atoms with Crippen LogP contribution in [0, 0.1) is 25.2 Å². The summed E-state index contributed by atoms with van der Waals surface area (Å²) >= 11 is 0. The molecule has 0 saturated carbocycles. The van der Waals surface area contributed by atoms with Crippen LogP contribution in [0.25, 0.3) is 0 Å². The van der Waals surface area contributed by atoms with Crippen molar-refractivity contribution in [1.82, 2.24) is 10.4 Å². The van der Waals surface area contributed by atoms with Crippen LogP contribution in [0.15, 0.2) is 18.2 Å². The van der Waals surface area contributed by atoms with Crippen molar-refractivity contribution in [1.29, 1.82) is 5.26 Å². The molecule has 1 N–H and O–H groups in total. The standard InChI is InChI=1S/C17H23N3O2/c1-13-4-5-14(2)15(10-13)11-16(21)19-17(12-18)6-8-20(22-3)9-7-17/h4-5,10H,6-9,11H2,1-3H3,(H,19,21). The second kappa shape index (κ2) is 6.91. The van der Waals surface area contributed by atoms with Crippen LogP contribution in [0.2, 0.25) is 0 Å². The van der Waals surface area contributed by atoms with Crippen LogP contribution in [0.5, 0.6) is 0 Å². The van der Waals surface area contributed by atoms with Crippen LogP contribution in [-0.2, 0) is 16.1 Å². The van der Waals surface area contributed by atoms with Gasteiger partial charge in [-0.3, -0.25) is 4.79 Å².